The molecule has 1 saturated heterocycles. The summed E-state index contributed by atoms with van der Waals surface area (Å²) in [6, 6.07) is 22.4. The Balaban J connectivity index is 1.56. The molecule has 0 N–H and O–H groups in total. The molecule has 0 spiro atoms. The molecule has 30 heavy (non-hydrogen) atoms. The molecular weight excluding hydrogens is 372 g/mol. The Kier molecular flexibility index (Phi) is 5.67. The first-order chi connectivity index (χ1) is 14.7. The van der Waals surface area contributed by atoms with Crippen molar-refractivity contribution >= 4 is 5.91 Å². The number of likely N-dealkylation sites (tertiary alicyclic amines) is 1. The molecule has 5 heteroatoms. The van der Waals surface area contributed by atoms with Crippen LogP contribution in [0, 0.1) is 11.3 Å². The van der Waals surface area contributed by atoms with Crippen LogP contribution in [-0.2, 0) is 11.8 Å². The zero-order valence-electron chi connectivity index (χ0n) is 17.3. The Hall–Kier alpha value is -3.39. The Morgan fingerprint density at radius 1 is 1.07 bits per heavy atom. The summed E-state index contributed by atoms with van der Waals surface area (Å²) in [7, 11) is 0. The fourth-order valence-corrected chi connectivity index (χ4v) is 4.31. The smallest absolute Gasteiger partial charge is 0.257 e. The second-order valence-corrected chi connectivity index (χ2v) is 7.85. The van der Waals surface area contributed by atoms with E-state index in [4.69, 9.17) is 0 Å². The highest BCUT2D eigenvalue weighted by atomic mass is 16.2. The van der Waals surface area contributed by atoms with Gasteiger partial charge in [0.2, 0.25) is 0 Å². The molecule has 1 aromatic heterocycles. The van der Waals surface area contributed by atoms with E-state index in [1.54, 1.807) is 6.20 Å². The summed E-state index contributed by atoms with van der Waals surface area (Å²) in [5.41, 5.74) is 3.12. The number of carbonyl (C=O) groups excluding carboxylic acids is 1. The maximum Gasteiger partial charge on any atom is 0.257 e. The predicted molar refractivity (Wildman–Crippen MR) is 116 cm³/mol. The number of benzene rings is 2. The van der Waals surface area contributed by atoms with Gasteiger partial charge in [0, 0.05) is 13.1 Å². The number of rotatable bonds is 5. The molecule has 1 aliphatic rings. The van der Waals surface area contributed by atoms with Crippen molar-refractivity contribution < 1.29 is 4.79 Å². The SMILES string of the molecule is CCCc1c(C(=O)N2CCC(C#N)(c3ccccc3)CC2)cnn1-c1ccccc1. The lowest BCUT2D eigenvalue weighted by Gasteiger charge is -2.37. The van der Waals surface area contributed by atoms with E-state index in [1.165, 1.54) is 0 Å². The van der Waals surface area contributed by atoms with Gasteiger partial charge in [-0.3, -0.25) is 4.79 Å². The quantitative estimate of drug-likeness (QED) is 0.635. The maximum atomic E-state index is 13.4. The molecule has 0 radical (unpaired) electrons. The minimum absolute atomic E-state index is 0.0141. The Labute approximate surface area is 177 Å². The molecular formula is C25H26N4O. The number of nitrogens with zero attached hydrogens (tertiary/aromatic N) is 4. The van der Waals surface area contributed by atoms with Crippen LogP contribution in [0.3, 0.4) is 0 Å². The van der Waals surface area contributed by atoms with Crippen LogP contribution in [0.1, 0.15) is 47.8 Å². The third-order valence-electron chi connectivity index (χ3n) is 6.03. The monoisotopic (exact) mass is 398 g/mol. The second-order valence-electron chi connectivity index (χ2n) is 7.85. The van der Waals surface area contributed by atoms with Gasteiger partial charge in [-0.1, -0.05) is 61.9 Å². The number of hydrogen-bond donors (Lipinski definition) is 0. The normalized spacial score (nSPS) is 15.5. The van der Waals surface area contributed by atoms with Crippen LogP contribution in [-0.4, -0.2) is 33.7 Å². The summed E-state index contributed by atoms with van der Waals surface area (Å²) in [5, 5.41) is 14.4. The fraction of sp³-hybridized carbons (Fsp3) is 0.320. The van der Waals surface area contributed by atoms with Crippen molar-refractivity contribution in [3.05, 3.63) is 83.7 Å². The van der Waals surface area contributed by atoms with Crippen LogP contribution in [0.5, 0.6) is 0 Å². The molecule has 0 aliphatic carbocycles. The molecule has 2 heterocycles. The van der Waals surface area contributed by atoms with E-state index in [-0.39, 0.29) is 5.91 Å². The van der Waals surface area contributed by atoms with Crippen molar-refractivity contribution in [1.29, 1.82) is 5.26 Å². The lowest BCUT2D eigenvalue weighted by Crippen LogP contribution is -2.44. The van der Waals surface area contributed by atoms with Crippen molar-refractivity contribution in [3.63, 3.8) is 0 Å². The van der Waals surface area contributed by atoms with Crippen LogP contribution >= 0.6 is 0 Å². The van der Waals surface area contributed by atoms with Crippen molar-refractivity contribution in [3.8, 4) is 11.8 Å². The van der Waals surface area contributed by atoms with Gasteiger partial charge in [0.25, 0.3) is 5.91 Å². The highest BCUT2D eigenvalue weighted by Gasteiger charge is 2.38. The molecule has 4 rings (SSSR count). The first kappa shape index (κ1) is 19.9. The van der Waals surface area contributed by atoms with Crippen molar-refractivity contribution in [2.75, 3.05) is 13.1 Å². The third kappa shape index (κ3) is 3.61. The van der Waals surface area contributed by atoms with Crippen LogP contribution in [0.2, 0.25) is 0 Å². The largest absolute Gasteiger partial charge is 0.338 e. The number of hydrogen-bond acceptors (Lipinski definition) is 3. The van der Waals surface area contributed by atoms with E-state index in [0.717, 1.165) is 29.8 Å². The molecule has 1 fully saturated rings. The van der Waals surface area contributed by atoms with Crippen LogP contribution in [0.15, 0.2) is 66.9 Å². The average Bonchev–Trinajstić information content (AvgIpc) is 3.23. The molecule has 1 aliphatic heterocycles. The first-order valence-electron chi connectivity index (χ1n) is 10.6. The van der Waals surface area contributed by atoms with Crippen LogP contribution in [0.4, 0.5) is 0 Å². The van der Waals surface area contributed by atoms with E-state index in [1.807, 2.05) is 70.2 Å². The molecule has 2 aromatic carbocycles. The molecule has 0 bridgehead atoms. The Bertz CT molecular complexity index is 1040. The van der Waals surface area contributed by atoms with Gasteiger partial charge in [-0.05, 0) is 37.0 Å². The van der Waals surface area contributed by atoms with E-state index in [0.29, 0.717) is 31.5 Å². The number of aromatic nitrogens is 2. The van der Waals surface area contributed by atoms with Gasteiger partial charge in [-0.2, -0.15) is 10.4 Å². The molecule has 0 saturated carbocycles. The lowest BCUT2D eigenvalue weighted by molar-refractivity contribution is 0.0690. The minimum Gasteiger partial charge on any atom is -0.338 e. The lowest BCUT2D eigenvalue weighted by atomic mass is 9.74. The summed E-state index contributed by atoms with van der Waals surface area (Å²) in [4.78, 5) is 15.2. The summed E-state index contributed by atoms with van der Waals surface area (Å²) in [6.07, 6.45) is 4.72. The maximum absolute atomic E-state index is 13.4. The van der Waals surface area contributed by atoms with E-state index >= 15 is 0 Å². The molecule has 5 nitrogen and oxygen atoms in total. The minimum atomic E-state index is -0.515. The summed E-state index contributed by atoms with van der Waals surface area (Å²) in [6.45, 7) is 3.26. The zero-order chi connectivity index (χ0) is 21.0. The number of piperidine rings is 1. The Morgan fingerprint density at radius 3 is 2.30 bits per heavy atom. The third-order valence-corrected chi connectivity index (χ3v) is 6.03. The van der Waals surface area contributed by atoms with Gasteiger partial charge in [-0.25, -0.2) is 4.68 Å². The Morgan fingerprint density at radius 2 is 1.70 bits per heavy atom. The van der Waals surface area contributed by atoms with Gasteiger partial charge in [0.05, 0.1) is 34.6 Å². The summed E-state index contributed by atoms with van der Waals surface area (Å²) in [5.74, 6) is 0.0141. The van der Waals surface area contributed by atoms with Crippen LogP contribution < -0.4 is 0 Å². The van der Waals surface area contributed by atoms with Gasteiger partial charge in [0.15, 0.2) is 0 Å². The highest BCUT2D eigenvalue weighted by molar-refractivity contribution is 5.95. The van der Waals surface area contributed by atoms with Gasteiger partial charge < -0.3 is 4.90 Å². The fourth-order valence-electron chi connectivity index (χ4n) is 4.31. The zero-order valence-corrected chi connectivity index (χ0v) is 17.3. The molecule has 3 aromatic rings. The first-order valence-corrected chi connectivity index (χ1v) is 10.6. The topological polar surface area (TPSA) is 61.9 Å². The van der Waals surface area contributed by atoms with E-state index in [2.05, 4.69) is 18.1 Å². The second kappa shape index (κ2) is 8.54. The van der Waals surface area contributed by atoms with Gasteiger partial charge >= 0.3 is 0 Å². The van der Waals surface area contributed by atoms with Crippen LogP contribution in [0.25, 0.3) is 5.69 Å². The summed E-state index contributed by atoms with van der Waals surface area (Å²) < 4.78 is 1.88. The summed E-state index contributed by atoms with van der Waals surface area (Å²) >= 11 is 0. The van der Waals surface area contributed by atoms with Crippen molar-refractivity contribution in [1.82, 2.24) is 14.7 Å². The number of para-hydroxylation sites is 1. The number of carbonyl (C=O) groups is 1. The van der Waals surface area contributed by atoms with Crippen molar-refractivity contribution in [2.45, 2.75) is 38.0 Å². The van der Waals surface area contributed by atoms with Crippen molar-refractivity contribution in [2.24, 2.45) is 0 Å². The van der Waals surface area contributed by atoms with E-state index < -0.39 is 5.41 Å². The average molecular weight is 399 g/mol. The molecule has 152 valence electrons. The van der Waals surface area contributed by atoms with Gasteiger partial charge in [0.1, 0.15) is 0 Å². The molecule has 0 unspecified atom stereocenters. The number of amides is 1. The standard InChI is InChI=1S/C25H26N4O/c1-2-9-23-22(18-27-29(23)21-12-7-4-8-13-21)24(30)28-16-14-25(19-26,15-17-28)20-10-5-3-6-11-20/h3-8,10-13,18H,2,9,14-17H2,1H3. The number of nitriles is 1. The highest BCUT2D eigenvalue weighted by Crippen LogP contribution is 2.35. The van der Waals surface area contributed by atoms with E-state index in [9.17, 15) is 10.1 Å². The predicted octanol–water partition coefficient (Wildman–Crippen LogP) is 4.52. The van der Waals surface area contributed by atoms with Gasteiger partial charge in [-0.15, -0.1) is 0 Å². The molecule has 1 amide bonds. The molecule has 0 atom stereocenters.